The van der Waals surface area contributed by atoms with Gasteiger partial charge in [0.15, 0.2) is 0 Å². The van der Waals surface area contributed by atoms with Gasteiger partial charge >= 0.3 is 0 Å². The van der Waals surface area contributed by atoms with Crippen LogP contribution in [0.3, 0.4) is 0 Å². The third kappa shape index (κ3) is 3.40. The van der Waals surface area contributed by atoms with Crippen molar-refractivity contribution in [2.24, 2.45) is 0 Å². The van der Waals surface area contributed by atoms with Gasteiger partial charge in [0, 0.05) is 6.42 Å². The van der Waals surface area contributed by atoms with Crippen LogP contribution in [-0.2, 0) is 19.5 Å². The van der Waals surface area contributed by atoms with Crippen molar-refractivity contribution in [1.82, 2.24) is 4.57 Å². The predicted molar refractivity (Wildman–Crippen MR) is 85.1 cm³/mol. The van der Waals surface area contributed by atoms with Crippen LogP contribution in [0.2, 0.25) is 0 Å². The summed E-state index contributed by atoms with van der Waals surface area (Å²) in [5.74, 6) is 0. The summed E-state index contributed by atoms with van der Waals surface area (Å²) in [5, 5.41) is 0. The van der Waals surface area contributed by atoms with Gasteiger partial charge in [-0.1, -0.05) is 67.6 Å². The van der Waals surface area contributed by atoms with Crippen LogP contribution in [0.1, 0.15) is 23.7 Å². The Bertz CT molecular complexity index is 684. The molecule has 106 valence electrons. The van der Waals surface area contributed by atoms with Gasteiger partial charge in [0.05, 0.1) is 0 Å². The number of nitrogens with zero attached hydrogens (tertiary/aromatic N) is 2. The first-order valence-electron chi connectivity index (χ1n) is 7.51. The molecular formula is C19H21N2+. The summed E-state index contributed by atoms with van der Waals surface area (Å²) in [6.07, 6.45) is 5.53. The molecule has 0 unspecified atom stereocenters. The van der Waals surface area contributed by atoms with Crippen LogP contribution in [0.15, 0.2) is 73.2 Å². The molecule has 0 amide bonds. The molecule has 0 spiro atoms. The fourth-order valence-electron chi connectivity index (χ4n) is 2.65. The van der Waals surface area contributed by atoms with Gasteiger partial charge < -0.3 is 0 Å². The Morgan fingerprint density at radius 3 is 2.10 bits per heavy atom. The molecule has 2 aromatic carbocycles. The lowest BCUT2D eigenvalue weighted by atomic mass is 10.2. The van der Waals surface area contributed by atoms with Gasteiger partial charge in [-0.25, -0.2) is 9.13 Å². The van der Waals surface area contributed by atoms with Crippen molar-refractivity contribution in [3.05, 3.63) is 90.0 Å². The number of aromatic nitrogens is 2. The largest absolute Gasteiger partial charge is 0.244 e. The highest BCUT2D eigenvalue weighted by Crippen LogP contribution is 2.07. The quantitative estimate of drug-likeness (QED) is 0.632. The zero-order valence-electron chi connectivity index (χ0n) is 12.4. The standard InChI is InChI=1S/C19H21N2/c1-2-19-15-20(13-17-9-5-3-6-10-17)16-21(19)14-18-11-7-4-8-12-18/h3-12,15-16H,2,13-14H2,1H3/q+1. The van der Waals surface area contributed by atoms with Crippen molar-refractivity contribution in [2.75, 3.05) is 0 Å². The third-order valence-corrected chi connectivity index (χ3v) is 3.74. The first-order chi connectivity index (χ1) is 10.3. The second-order valence-corrected chi connectivity index (χ2v) is 5.36. The second kappa shape index (κ2) is 6.40. The average Bonchev–Trinajstić information content (AvgIpc) is 2.91. The third-order valence-electron chi connectivity index (χ3n) is 3.74. The van der Waals surface area contributed by atoms with E-state index < -0.39 is 0 Å². The molecule has 0 N–H and O–H groups in total. The van der Waals surface area contributed by atoms with E-state index in [4.69, 9.17) is 0 Å². The Labute approximate surface area is 126 Å². The molecule has 1 heterocycles. The van der Waals surface area contributed by atoms with Crippen molar-refractivity contribution in [3.63, 3.8) is 0 Å². The van der Waals surface area contributed by atoms with E-state index in [1.165, 1.54) is 16.8 Å². The highest BCUT2D eigenvalue weighted by atomic mass is 15.1. The Morgan fingerprint density at radius 1 is 0.857 bits per heavy atom. The number of imidazole rings is 1. The Morgan fingerprint density at radius 2 is 1.48 bits per heavy atom. The maximum absolute atomic E-state index is 2.35. The van der Waals surface area contributed by atoms with Gasteiger partial charge in [0.1, 0.15) is 25.0 Å². The van der Waals surface area contributed by atoms with Crippen molar-refractivity contribution < 1.29 is 4.57 Å². The number of benzene rings is 2. The van der Waals surface area contributed by atoms with Crippen LogP contribution in [0.4, 0.5) is 0 Å². The van der Waals surface area contributed by atoms with Gasteiger partial charge in [-0.2, -0.15) is 0 Å². The molecule has 3 rings (SSSR count). The van der Waals surface area contributed by atoms with Crippen LogP contribution >= 0.6 is 0 Å². The van der Waals surface area contributed by atoms with Crippen molar-refractivity contribution in [2.45, 2.75) is 26.4 Å². The van der Waals surface area contributed by atoms with E-state index in [-0.39, 0.29) is 0 Å². The second-order valence-electron chi connectivity index (χ2n) is 5.36. The van der Waals surface area contributed by atoms with E-state index in [9.17, 15) is 0 Å². The van der Waals surface area contributed by atoms with Gasteiger partial charge in [-0.05, 0) is 11.1 Å². The van der Waals surface area contributed by atoms with Crippen LogP contribution in [-0.4, -0.2) is 4.57 Å². The monoisotopic (exact) mass is 277 g/mol. The molecule has 0 saturated heterocycles. The fraction of sp³-hybridized carbons (Fsp3) is 0.211. The zero-order chi connectivity index (χ0) is 14.5. The lowest BCUT2D eigenvalue weighted by Crippen LogP contribution is -2.31. The normalized spacial score (nSPS) is 10.7. The maximum Gasteiger partial charge on any atom is 0.244 e. The molecule has 2 heteroatoms. The molecule has 0 bridgehead atoms. The average molecular weight is 277 g/mol. The summed E-state index contributed by atoms with van der Waals surface area (Å²) in [6.45, 7) is 4.07. The van der Waals surface area contributed by atoms with Gasteiger partial charge in [0.2, 0.25) is 6.33 Å². The van der Waals surface area contributed by atoms with E-state index >= 15 is 0 Å². The van der Waals surface area contributed by atoms with Crippen molar-refractivity contribution in [1.29, 1.82) is 0 Å². The molecule has 3 aromatic rings. The summed E-state index contributed by atoms with van der Waals surface area (Å²) in [5.41, 5.74) is 4.05. The van der Waals surface area contributed by atoms with Gasteiger partial charge in [0.25, 0.3) is 0 Å². The van der Waals surface area contributed by atoms with Crippen molar-refractivity contribution >= 4 is 0 Å². The minimum atomic E-state index is 0.926. The minimum absolute atomic E-state index is 0.926. The summed E-state index contributed by atoms with van der Waals surface area (Å²) in [6, 6.07) is 21.2. The molecule has 1 aromatic heterocycles. The number of hydrogen-bond acceptors (Lipinski definition) is 0. The lowest BCUT2D eigenvalue weighted by molar-refractivity contribution is -0.688. The summed E-state index contributed by atoms with van der Waals surface area (Å²) >= 11 is 0. The van der Waals surface area contributed by atoms with Crippen LogP contribution in [0.5, 0.6) is 0 Å². The molecule has 0 fully saturated rings. The summed E-state index contributed by atoms with van der Waals surface area (Å²) in [7, 11) is 0. The number of hydrogen-bond donors (Lipinski definition) is 0. The first kappa shape index (κ1) is 13.6. The lowest BCUT2D eigenvalue weighted by Gasteiger charge is -2.00. The van der Waals surface area contributed by atoms with Crippen LogP contribution in [0, 0.1) is 0 Å². The van der Waals surface area contributed by atoms with E-state index in [2.05, 4.69) is 89.2 Å². The minimum Gasteiger partial charge on any atom is -0.232 e. The Hall–Kier alpha value is -2.35. The predicted octanol–water partition coefficient (Wildman–Crippen LogP) is 3.43. The molecule has 0 aliphatic rings. The molecule has 0 aliphatic carbocycles. The number of rotatable bonds is 5. The zero-order valence-corrected chi connectivity index (χ0v) is 12.4. The molecule has 0 aliphatic heterocycles. The molecule has 0 saturated carbocycles. The van der Waals surface area contributed by atoms with Gasteiger partial charge in [-0.15, -0.1) is 0 Å². The van der Waals surface area contributed by atoms with E-state index in [1.807, 2.05) is 0 Å². The van der Waals surface area contributed by atoms with E-state index in [1.54, 1.807) is 0 Å². The molecule has 21 heavy (non-hydrogen) atoms. The smallest absolute Gasteiger partial charge is 0.232 e. The van der Waals surface area contributed by atoms with E-state index in [0.717, 1.165) is 19.5 Å². The van der Waals surface area contributed by atoms with Crippen LogP contribution in [0.25, 0.3) is 0 Å². The van der Waals surface area contributed by atoms with Crippen molar-refractivity contribution in [3.8, 4) is 0 Å². The topological polar surface area (TPSA) is 8.81 Å². The van der Waals surface area contributed by atoms with Crippen LogP contribution < -0.4 is 4.57 Å². The molecule has 2 nitrogen and oxygen atoms in total. The number of aryl methyl sites for hydroxylation is 1. The molecular weight excluding hydrogens is 256 g/mol. The Kier molecular flexibility index (Phi) is 4.15. The fourth-order valence-corrected chi connectivity index (χ4v) is 2.65. The van der Waals surface area contributed by atoms with E-state index in [0.29, 0.717) is 0 Å². The first-order valence-corrected chi connectivity index (χ1v) is 7.51. The highest BCUT2D eigenvalue weighted by Gasteiger charge is 2.12. The molecule has 0 radical (unpaired) electrons. The molecule has 0 atom stereocenters. The van der Waals surface area contributed by atoms with Gasteiger partial charge in [-0.3, -0.25) is 0 Å². The highest BCUT2D eigenvalue weighted by molar-refractivity contribution is 5.16. The Balaban J connectivity index is 1.81. The maximum atomic E-state index is 2.35. The SMILES string of the molecule is CCc1c[n+](Cc2ccccc2)cn1Cc1ccccc1. The summed E-state index contributed by atoms with van der Waals surface area (Å²) < 4.78 is 4.62. The summed E-state index contributed by atoms with van der Waals surface area (Å²) in [4.78, 5) is 0.